The van der Waals surface area contributed by atoms with Crippen molar-refractivity contribution in [3.05, 3.63) is 0 Å². The van der Waals surface area contributed by atoms with E-state index in [1.807, 2.05) is 0 Å². The molecule has 0 aromatic rings. The van der Waals surface area contributed by atoms with E-state index in [4.69, 9.17) is 11.3 Å². The average Bonchev–Trinajstić information content (AvgIpc) is 2.14. The largest absolute Gasteiger partial charge is 0.289 e. The minimum atomic E-state index is 0.00694. The lowest BCUT2D eigenvalue weighted by atomic mass is 10.9. The smallest absolute Gasteiger partial charge is 0.140 e. The zero-order valence-electron chi connectivity index (χ0n) is 4.09. The fraction of sp³-hybridized carbons (Fsp3) is 0.667. The second kappa shape index (κ2) is 2.72. The maximum atomic E-state index is 7.07. The average molecular weight is 150 g/mol. The first-order chi connectivity index (χ1) is 3.83. The first-order valence-corrected chi connectivity index (χ1v) is 3.93. The fourth-order valence-electron chi connectivity index (χ4n) is 0.398. The quantitative estimate of drug-likeness (QED) is 0.538. The van der Waals surface area contributed by atoms with Crippen LogP contribution in [0.15, 0.2) is 0 Å². The van der Waals surface area contributed by atoms with Crippen LogP contribution in [-0.2, 0) is 4.84 Å². The van der Waals surface area contributed by atoms with Crippen molar-refractivity contribution in [1.29, 1.82) is 5.41 Å². The molecule has 0 amide bonds. The third-order valence-corrected chi connectivity index (χ3v) is 3.08. The molecule has 8 heavy (non-hydrogen) atoms. The highest BCUT2D eigenvalue weighted by Crippen LogP contribution is 2.31. The van der Waals surface area contributed by atoms with Gasteiger partial charge < -0.3 is 0 Å². The maximum Gasteiger partial charge on any atom is 0.140 e. The van der Waals surface area contributed by atoms with Crippen molar-refractivity contribution in [3.8, 4) is 0 Å². The van der Waals surface area contributed by atoms with Crippen LogP contribution in [0.25, 0.3) is 0 Å². The van der Waals surface area contributed by atoms with E-state index in [0.29, 0.717) is 4.38 Å². The monoisotopic (exact) mass is 150 g/mol. The van der Waals surface area contributed by atoms with E-state index in [2.05, 4.69) is 4.84 Å². The van der Waals surface area contributed by atoms with Gasteiger partial charge in [-0.2, -0.15) is 0 Å². The molecular formula is C3H6N2OS2. The van der Waals surface area contributed by atoms with Crippen LogP contribution in [0.4, 0.5) is 0 Å². The zero-order valence-corrected chi connectivity index (χ0v) is 5.72. The molecule has 1 rings (SSSR count). The first-order valence-electron chi connectivity index (χ1n) is 2.06. The van der Waals surface area contributed by atoms with E-state index in [1.165, 1.54) is 23.5 Å². The van der Waals surface area contributed by atoms with E-state index in [-0.39, 0.29) is 5.44 Å². The Bertz CT molecular complexity index is 107. The summed E-state index contributed by atoms with van der Waals surface area (Å²) in [5.41, 5.74) is 0.00694. The van der Waals surface area contributed by atoms with Crippen molar-refractivity contribution in [1.82, 2.24) is 0 Å². The molecule has 0 saturated carbocycles. The molecular weight excluding hydrogens is 144 g/mol. The van der Waals surface area contributed by atoms with E-state index in [0.717, 1.165) is 5.75 Å². The molecule has 0 bridgehead atoms. The van der Waals surface area contributed by atoms with Gasteiger partial charge in [-0.3, -0.25) is 10.2 Å². The van der Waals surface area contributed by atoms with E-state index in [9.17, 15) is 0 Å². The van der Waals surface area contributed by atoms with Gasteiger partial charge in [-0.05, 0) is 0 Å². The summed E-state index contributed by atoms with van der Waals surface area (Å²) < 4.78 is 0.598. The lowest BCUT2D eigenvalue weighted by molar-refractivity contribution is 0.131. The molecule has 1 unspecified atom stereocenters. The number of nitrogens with one attached hydrogen (secondary N) is 1. The van der Waals surface area contributed by atoms with Gasteiger partial charge in [0.2, 0.25) is 0 Å². The Morgan fingerprint density at radius 1 is 1.88 bits per heavy atom. The standard InChI is InChI=1S/C3H6N2OS2/c4-3-7-1-2(6-5)8-3/h2,4H,1,5H2. The van der Waals surface area contributed by atoms with E-state index >= 15 is 0 Å². The molecule has 1 saturated heterocycles. The Kier molecular flexibility index (Phi) is 2.18. The van der Waals surface area contributed by atoms with E-state index < -0.39 is 0 Å². The molecule has 0 aromatic heterocycles. The number of nitrogens with two attached hydrogens (primary N) is 1. The summed E-state index contributed by atoms with van der Waals surface area (Å²) in [5.74, 6) is 5.67. The van der Waals surface area contributed by atoms with Gasteiger partial charge in [0.05, 0.1) is 0 Å². The van der Waals surface area contributed by atoms with Gasteiger partial charge >= 0.3 is 0 Å². The highest BCUT2D eigenvalue weighted by molar-refractivity contribution is 8.41. The third-order valence-electron chi connectivity index (χ3n) is 0.741. The summed E-state index contributed by atoms with van der Waals surface area (Å²) in [6.45, 7) is 0. The summed E-state index contributed by atoms with van der Waals surface area (Å²) in [6, 6.07) is 0. The Hall–Kier alpha value is 0.290. The minimum Gasteiger partial charge on any atom is -0.289 e. The van der Waals surface area contributed by atoms with Gasteiger partial charge in [-0.25, -0.2) is 5.90 Å². The molecule has 5 heteroatoms. The molecule has 0 aliphatic carbocycles. The second-order valence-electron chi connectivity index (χ2n) is 1.28. The Labute approximate surface area is 55.8 Å². The maximum absolute atomic E-state index is 7.07. The van der Waals surface area contributed by atoms with Crippen molar-refractivity contribution in [2.45, 2.75) is 5.44 Å². The predicted octanol–water partition coefficient (Wildman–Crippen LogP) is 0.618. The predicted molar refractivity (Wildman–Crippen MR) is 36.8 cm³/mol. The Balaban J connectivity index is 2.32. The lowest BCUT2D eigenvalue weighted by Gasteiger charge is -1.98. The fourth-order valence-corrected chi connectivity index (χ4v) is 2.33. The lowest BCUT2D eigenvalue weighted by Crippen LogP contribution is -2.11. The van der Waals surface area contributed by atoms with Crippen molar-refractivity contribution in [2.75, 3.05) is 5.75 Å². The summed E-state index contributed by atoms with van der Waals surface area (Å²) in [4.78, 5) is 4.48. The van der Waals surface area contributed by atoms with Crippen molar-refractivity contribution in [3.63, 3.8) is 0 Å². The van der Waals surface area contributed by atoms with Crippen LogP contribution in [0.3, 0.4) is 0 Å². The summed E-state index contributed by atoms with van der Waals surface area (Å²) in [7, 11) is 0. The Morgan fingerprint density at radius 3 is 2.88 bits per heavy atom. The van der Waals surface area contributed by atoms with Gasteiger partial charge in [0.25, 0.3) is 0 Å². The van der Waals surface area contributed by atoms with Gasteiger partial charge in [0, 0.05) is 5.75 Å². The molecule has 3 N–H and O–H groups in total. The molecule has 1 heterocycles. The van der Waals surface area contributed by atoms with Gasteiger partial charge in [-0.1, -0.05) is 23.5 Å². The topological polar surface area (TPSA) is 59.1 Å². The first kappa shape index (κ1) is 6.41. The van der Waals surface area contributed by atoms with Gasteiger partial charge in [-0.15, -0.1) is 0 Å². The summed E-state index contributed by atoms with van der Waals surface area (Å²) in [5, 5.41) is 7.07. The number of thioether (sulfide) groups is 2. The molecule has 1 atom stereocenters. The highest BCUT2D eigenvalue weighted by atomic mass is 32.2. The molecule has 46 valence electrons. The molecule has 3 nitrogen and oxygen atoms in total. The van der Waals surface area contributed by atoms with Gasteiger partial charge in [0.15, 0.2) is 0 Å². The normalized spacial score (nSPS) is 29.1. The molecule has 0 radical (unpaired) electrons. The molecule has 1 fully saturated rings. The molecule has 0 aromatic carbocycles. The van der Waals surface area contributed by atoms with Crippen LogP contribution < -0.4 is 5.90 Å². The Morgan fingerprint density at radius 2 is 2.62 bits per heavy atom. The van der Waals surface area contributed by atoms with Crippen LogP contribution >= 0.6 is 23.5 Å². The van der Waals surface area contributed by atoms with Crippen LogP contribution in [0, 0.1) is 5.41 Å². The molecule has 1 aliphatic rings. The minimum absolute atomic E-state index is 0.00694. The second-order valence-corrected chi connectivity index (χ2v) is 3.74. The summed E-state index contributed by atoms with van der Waals surface area (Å²) in [6.07, 6.45) is 0. The molecule has 1 aliphatic heterocycles. The van der Waals surface area contributed by atoms with Crippen LogP contribution in [0.2, 0.25) is 0 Å². The van der Waals surface area contributed by atoms with E-state index in [1.54, 1.807) is 0 Å². The SMILES string of the molecule is N=C1SCC(ON)S1. The summed E-state index contributed by atoms with van der Waals surface area (Å²) >= 11 is 2.84. The number of rotatable bonds is 1. The van der Waals surface area contributed by atoms with Gasteiger partial charge in [0.1, 0.15) is 9.81 Å². The van der Waals surface area contributed by atoms with Crippen LogP contribution in [0.1, 0.15) is 0 Å². The van der Waals surface area contributed by atoms with Crippen molar-refractivity contribution >= 4 is 27.9 Å². The third kappa shape index (κ3) is 1.38. The molecule has 0 spiro atoms. The highest BCUT2D eigenvalue weighted by Gasteiger charge is 2.20. The van der Waals surface area contributed by atoms with Crippen molar-refractivity contribution in [2.24, 2.45) is 5.90 Å². The number of hydrogen-bond donors (Lipinski definition) is 2. The van der Waals surface area contributed by atoms with Crippen LogP contribution in [-0.4, -0.2) is 15.6 Å². The zero-order chi connectivity index (χ0) is 5.98. The van der Waals surface area contributed by atoms with Crippen molar-refractivity contribution < 1.29 is 4.84 Å². The van der Waals surface area contributed by atoms with Crippen LogP contribution in [0.5, 0.6) is 0 Å². The number of hydrogen-bond acceptors (Lipinski definition) is 5.